The quantitative estimate of drug-likeness (QED) is 0.541. The Bertz CT molecular complexity index is 1110. The van der Waals surface area contributed by atoms with Crippen LogP contribution in [0.4, 0.5) is 0 Å². The maximum atomic E-state index is 11.4. The maximum absolute atomic E-state index is 11.4. The number of carbonyl (C=O) groups is 1. The van der Waals surface area contributed by atoms with Gasteiger partial charge in [0.05, 0.1) is 17.4 Å². The largest absolute Gasteiger partial charge is 0.300 e. The zero-order chi connectivity index (χ0) is 17.8. The van der Waals surface area contributed by atoms with Gasteiger partial charge in [-0.25, -0.2) is 9.50 Å². The van der Waals surface area contributed by atoms with E-state index in [0.29, 0.717) is 24.5 Å². The molecule has 26 heavy (non-hydrogen) atoms. The Hall–Kier alpha value is -2.54. The molecule has 3 aromatic heterocycles. The van der Waals surface area contributed by atoms with Gasteiger partial charge in [0.25, 0.3) is 0 Å². The van der Waals surface area contributed by atoms with E-state index in [1.165, 1.54) is 0 Å². The van der Waals surface area contributed by atoms with E-state index >= 15 is 0 Å². The normalized spacial score (nSPS) is 16.2. The van der Waals surface area contributed by atoms with Crippen LogP contribution in [-0.4, -0.2) is 30.2 Å². The van der Waals surface area contributed by atoms with Crippen LogP contribution < -0.4 is 0 Å². The molecule has 1 fully saturated rings. The van der Waals surface area contributed by atoms with E-state index in [2.05, 4.69) is 24.2 Å². The first-order valence-corrected chi connectivity index (χ1v) is 9.70. The number of hydrogen-bond acceptors (Lipinski definition) is 5. The number of ketones is 1. The van der Waals surface area contributed by atoms with E-state index in [9.17, 15) is 4.79 Å². The first-order valence-electron chi connectivity index (χ1n) is 8.89. The van der Waals surface area contributed by atoms with Crippen LogP contribution in [0.1, 0.15) is 42.9 Å². The number of carbonyl (C=O) groups excluding carboxylic acids is 1. The van der Waals surface area contributed by atoms with Gasteiger partial charge < -0.3 is 0 Å². The van der Waals surface area contributed by atoms with Gasteiger partial charge in [0, 0.05) is 43.0 Å². The van der Waals surface area contributed by atoms with Crippen molar-refractivity contribution in [1.29, 1.82) is 0 Å². The van der Waals surface area contributed by atoms with Crippen LogP contribution >= 0.6 is 11.3 Å². The summed E-state index contributed by atoms with van der Waals surface area (Å²) < 4.78 is 3.73. The number of rotatable bonds is 2. The third kappa shape index (κ3) is 2.54. The number of nitrogens with zero attached hydrogens (tertiary/aromatic N) is 5. The SMILES string of the molecule is Cc1cc(-c2nn3cc(C4CCC(=O)CC4)nc3s2)cc2cn(C)nc12. The highest BCUT2D eigenvalue weighted by molar-refractivity contribution is 7.19. The molecule has 0 radical (unpaired) electrons. The zero-order valence-corrected chi connectivity index (χ0v) is 15.6. The van der Waals surface area contributed by atoms with E-state index in [4.69, 9.17) is 10.1 Å². The Kier molecular flexibility index (Phi) is 3.46. The van der Waals surface area contributed by atoms with Crippen molar-refractivity contribution in [3.8, 4) is 10.6 Å². The van der Waals surface area contributed by atoms with Crippen LogP contribution in [0.5, 0.6) is 0 Å². The second-order valence-electron chi connectivity index (χ2n) is 7.15. The Balaban J connectivity index is 1.50. The summed E-state index contributed by atoms with van der Waals surface area (Å²) in [6.45, 7) is 2.08. The van der Waals surface area contributed by atoms with Crippen molar-refractivity contribution in [3.05, 3.63) is 35.8 Å². The van der Waals surface area contributed by atoms with Crippen molar-refractivity contribution >= 4 is 33.0 Å². The molecule has 0 unspecified atom stereocenters. The molecule has 4 aromatic rings. The van der Waals surface area contributed by atoms with Crippen molar-refractivity contribution in [2.45, 2.75) is 38.5 Å². The molecule has 7 heteroatoms. The molecule has 1 aliphatic rings. The summed E-state index contributed by atoms with van der Waals surface area (Å²) in [6, 6.07) is 4.28. The van der Waals surface area contributed by atoms with Gasteiger partial charge in [-0.05, 0) is 37.5 Å². The number of hydrogen-bond donors (Lipinski definition) is 0. The molecule has 0 aliphatic heterocycles. The molecule has 0 amide bonds. The average molecular weight is 365 g/mol. The maximum Gasteiger partial charge on any atom is 0.212 e. The number of fused-ring (bicyclic) bond motifs is 2. The Morgan fingerprint density at radius 3 is 2.73 bits per heavy atom. The first-order chi connectivity index (χ1) is 12.6. The first kappa shape index (κ1) is 15.7. The van der Waals surface area contributed by atoms with Gasteiger partial charge in [-0.2, -0.15) is 10.2 Å². The van der Waals surface area contributed by atoms with Gasteiger partial charge in [0.2, 0.25) is 4.96 Å². The molecule has 5 rings (SSSR count). The smallest absolute Gasteiger partial charge is 0.212 e. The average Bonchev–Trinajstić information content (AvgIpc) is 3.27. The molecular formula is C19H19N5OS. The summed E-state index contributed by atoms with van der Waals surface area (Å²) in [5, 5.41) is 11.3. The molecule has 0 bridgehead atoms. The van der Waals surface area contributed by atoms with Gasteiger partial charge >= 0.3 is 0 Å². The molecule has 0 N–H and O–H groups in total. The molecule has 1 saturated carbocycles. The van der Waals surface area contributed by atoms with Crippen LogP contribution in [0.25, 0.3) is 26.4 Å². The van der Waals surface area contributed by atoms with Gasteiger partial charge in [-0.15, -0.1) is 0 Å². The van der Waals surface area contributed by atoms with E-state index in [0.717, 1.165) is 50.5 Å². The lowest BCUT2D eigenvalue weighted by atomic mass is 9.86. The van der Waals surface area contributed by atoms with E-state index in [1.54, 1.807) is 11.3 Å². The molecule has 0 atom stereocenters. The minimum Gasteiger partial charge on any atom is -0.300 e. The summed E-state index contributed by atoms with van der Waals surface area (Å²) in [7, 11) is 1.94. The number of aryl methyl sites for hydroxylation is 2. The van der Waals surface area contributed by atoms with Crippen molar-refractivity contribution in [3.63, 3.8) is 0 Å². The predicted molar refractivity (Wildman–Crippen MR) is 102 cm³/mol. The zero-order valence-electron chi connectivity index (χ0n) is 14.8. The molecule has 0 spiro atoms. The topological polar surface area (TPSA) is 65.1 Å². The van der Waals surface area contributed by atoms with Crippen LogP contribution in [0, 0.1) is 6.92 Å². The van der Waals surface area contributed by atoms with E-state index in [-0.39, 0.29) is 0 Å². The fraction of sp³-hybridized carbons (Fsp3) is 0.368. The van der Waals surface area contributed by atoms with Gasteiger partial charge in [0.1, 0.15) is 10.8 Å². The highest BCUT2D eigenvalue weighted by Gasteiger charge is 2.23. The lowest BCUT2D eigenvalue weighted by Crippen LogP contribution is -2.12. The van der Waals surface area contributed by atoms with Crippen molar-refractivity contribution in [1.82, 2.24) is 24.4 Å². The van der Waals surface area contributed by atoms with E-state index < -0.39 is 0 Å². The monoisotopic (exact) mass is 365 g/mol. The highest BCUT2D eigenvalue weighted by atomic mass is 32.1. The molecule has 0 saturated heterocycles. The molecule has 1 aromatic carbocycles. The second-order valence-corrected chi connectivity index (χ2v) is 8.10. The van der Waals surface area contributed by atoms with Crippen LogP contribution in [0.3, 0.4) is 0 Å². The summed E-state index contributed by atoms with van der Waals surface area (Å²) in [5.41, 5.74) is 4.36. The van der Waals surface area contributed by atoms with Gasteiger partial charge in [-0.3, -0.25) is 9.48 Å². The van der Waals surface area contributed by atoms with Crippen molar-refractivity contribution < 1.29 is 4.79 Å². The Morgan fingerprint density at radius 1 is 1.15 bits per heavy atom. The molecule has 132 valence electrons. The molecule has 1 aliphatic carbocycles. The summed E-state index contributed by atoms with van der Waals surface area (Å²) in [6.07, 6.45) is 7.25. The minimum atomic E-state index is 0.379. The number of benzene rings is 1. The lowest BCUT2D eigenvalue weighted by Gasteiger charge is -2.18. The summed E-state index contributed by atoms with van der Waals surface area (Å²) >= 11 is 1.61. The summed E-state index contributed by atoms with van der Waals surface area (Å²) in [4.78, 5) is 17.1. The van der Waals surface area contributed by atoms with Crippen molar-refractivity contribution in [2.24, 2.45) is 7.05 Å². The molecule has 6 nitrogen and oxygen atoms in total. The minimum absolute atomic E-state index is 0.379. The molecular weight excluding hydrogens is 346 g/mol. The van der Waals surface area contributed by atoms with Gasteiger partial charge in [0.15, 0.2) is 0 Å². The highest BCUT2D eigenvalue weighted by Crippen LogP contribution is 2.34. The molecule has 3 heterocycles. The van der Waals surface area contributed by atoms with E-state index in [1.807, 2.05) is 28.6 Å². The fourth-order valence-corrected chi connectivity index (χ4v) is 4.69. The lowest BCUT2D eigenvalue weighted by molar-refractivity contribution is -0.120. The third-order valence-electron chi connectivity index (χ3n) is 5.18. The van der Waals surface area contributed by atoms with Crippen LogP contribution in [0.2, 0.25) is 0 Å². The Morgan fingerprint density at radius 2 is 1.96 bits per heavy atom. The second kappa shape index (κ2) is 5.74. The standard InChI is InChI=1S/C19H19N5OS/c1-11-7-13(8-14-9-23(2)21-17(11)14)18-22-24-10-16(20-19(24)26-18)12-3-5-15(25)6-4-12/h7-10,12H,3-6H2,1-2H3. The van der Waals surface area contributed by atoms with Crippen LogP contribution in [0.15, 0.2) is 24.5 Å². The number of imidazole rings is 1. The third-order valence-corrected chi connectivity index (χ3v) is 6.16. The predicted octanol–water partition coefficient (Wildman–Crippen LogP) is 3.88. The summed E-state index contributed by atoms with van der Waals surface area (Å²) in [5.74, 6) is 0.767. The number of aromatic nitrogens is 5. The fourth-order valence-electron chi connectivity index (χ4n) is 3.82. The van der Waals surface area contributed by atoms with Crippen LogP contribution in [-0.2, 0) is 11.8 Å². The van der Waals surface area contributed by atoms with Crippen molar-refractivity contribution in [2.75, 3.05) is 0 Å². The Labute approximate surface area is 154 Å². The van der Waals surface area contributed by atoms with Gasteiger partial charge in [-0.1, -0.05) is 11.3 Å². The number of Topliss-reactive ketones (excluding diaryl/α,β-unsaturated/α-hetero) is 1.